The van der Waals surface area contributed by atoms with Gasteiger partial charge in [-0.15, -0.1) is 0 Å². The van der Waals surface area contributed by atoms with Gasteiger partial charge in [-0.1, -0.05) is 36.5 Å². The van der Waals surface area contributed by atoms with Crippen LogP contribution in [0.25, 0.3) is 0 Å². The summed E-state index contributed by atoms with van der Waals surface area (Å²) in [5.74, 6) is 0. The van der Waals surface area contributed by atoms with Gasteiger partial charge in [-0.2, -0.15) is 0 Å². The van der Waals surface area contributed by atoms with Crippen molar-refractivity contribution in [1.29, 1.82) is 0 Å². The summed E-state index contributed by atoms with van der Waals surface area (Å²) in [5, 5.41) is 0. The van der Waals surface area contributed by atoms with E-state index >= 15 is 0 Å². The molecule has 0 amide bonds. The molecule has 0 aliphatic carbocycles. The van der Waals surface area contributed by atoms with E-state index in [0.29, 0.717) is 13.2 Å². The van der Waals surface area contributed by atoms with Crippen LogP contribution in [0.3, 0.4) is 0 Å². The topological polar surface area (TPSA) is 26.3 Å². The standard InChI is InChI=1S/C10H16Cl2O2/c1-3-4-5-14-8-10(2,7-13)6-9(11)12/h6-7H,3-5,8H2,1-2H3. The molecular formula is C10H16Cl2O2. The second-order valence-electron chi connectivity index (χ2n) is 3.46. The zero-order chi connectivity index (χ0) is 11.0. The first-order valence-electron chi connectivity index (χ1n) is 4.62. The van der Waals surface area contributed by atoms with Crippen molar-refractivity contribution in [1.82, 2.24) is 0 Å². The van der Waals surface area contributed by atoms with E-state index in [1.807, 2.05) is 0 Å². The van der Waals surface area contributed by atoms with E-state index in [9.17, 15) is 4.79 Å². The molecule has 1 unspecified atom stereocenters. The van der Waals surface area contributed by atoms with E-state index in [1.54, 1.807) is 6.92 Å². The molecule has 2 nitrogen and oxygen atoms in total. The highest BCUT2D eigenvalue weighted by molar-refractivity contribution is 6.55. The summed E-state index contributed by atoms with van der Waals surface area (Å²) in [4.78, 5) is 10.8. The van der Waals surface area contributed by atoms with E-state index in [0.717, 1.165) is 19.1 Å². The first-order valence-corrected chi connectivity index (χ1v) is 5.37. The van der Waals surface area contributed by atoms with E-state index < -0.39 is 5.41 Å². The molecule has 1 atom stereocenters. The molecule has 0 heterocycles. The van der Waals surface area contributed by atoms with Gasteiger partial charge in [-0.05, 0) is 19.4 Å². The third-order valence-electron chi connectivity index (χ3n) is 1.76. The summed E-state index contributed by atoms with van der Waals surface area (Å²) in [6.07, 6.45) is 4.36. The molecule has 0 rings (SSSR count). The van der Waals surface area contributed by atoms with Crippen LogP contribution in [0.5, 0.6) is 0 Å². The van der Waals surface area contributed by atoms with Crippen LogP contribution in [0.1, 0.15) is 26.7 Å². The Morgan fingerprint density at radius 2 is 2.14 bits per heavy atom. The minimum absolute atomic E-state index is 0.0960. The molecule has 82 valence electrons. The van der Waals surface area contributed by atoms with Gasteiger partial charge in [0.1, 0.15) is 10.8 Å². The summed E-state index contributed by atoms with van der Waals surface area (Å²) in [7, 11) is 0. The molecule has 0 radical (unpaired) electrons. The van der Waals surface area contributed by atoms with E-state index in [4.69, 9.17) is 27.9 Å². The Balaban J connectivity index is 4.00. The maximum Gasteiger partial charge on any atom is 0.132 e. The fourth-order valence-electron chi connectivity index (χ4n) is 0.897. The fraction of sp³-hybridized carbons (Fsp3) is 0.700. The van der Waals surface area contributed by atoms with Crippen LogP contribution in [0.15, 0.2) is 10.6 Å². The van der Waals surface area contributed by atoms with Gasteiger partial charge >= 0.3 is 0 Å². The Bertz CT molecular complexity index is 200. The monoisotopic (exact) mass is 238 g/mol. The number of hydrogen-bond donors (Lipinski definition) is 0. The summed E-state index contributed by atoms with van der Waals surface area (Å²) in [6, 6.07) is 0. The summed E-state index contributed by atoms with van der Waals surface area (Å²) in [6.45, 7) is 4.79. The average molecular weight is 239 g/mol. The lowest BCUT2D eigenvalue weighted by Gasteiger charge is -2.18. The van der Waals surface area contributed by atoms with Gasteiger partial charge in [0.05, 0.1) is 12.0 Å². The van der Waals surface area contributed by atoms with Crippen molar-refractivity contribution < 1.29 is 9.53 Å². The van der Waals surface area contributed by atoms with Gasteiger partial charge in [-0.3, -0.25) is 0 Å². The van der Waals surface area contributed by atoms with Gasteiger partial charge in [0, 0.05) is 6.61 Å². The van der Waals surface area contributed by atoms with Crippen molar-refractivity contribution >= 4 is 29.5 Å². The summed E-state index contributed by atoms with van der Waals surface area (Å²) < 4.78 is 5.43. The third-order valence-corrected chi connectivity index (χ3v) is 1.98. The smallest absolute Gasteiger partial charge is 0.132 e. The SMILES string of the molecule is CCCCOCC(C)(C=O)C=C(Cl)Cl. The van der Waals surface area contributed by atoms with Crippen molar-refractivity contribution in [3.8, 4) is 0 Å². The normalized spacial score (nSPS) is 14.6. The zero-order valence-corrected chi connectivity index (χ0v) is 10.1. The van der Waals surface area contributed by atoms with Crippen molar-refractivity contribution in [2.45, 2.75) is 26.7 Å². The Morgan fingerprint density at radius 1 is 1.50 bits per heavy atom. The maximum absolute atomic E-state index is 10.8. The average Bonchev–Trinajstić information content (AvgIpc) is 2.11. The summed E-state index contributed by atoms with van der Waals surface area (Å²) in [5.41, 5.74) is -0.716. The highest BCUT2D eigenvalue weighted by Crippen LogP contribution is 2.21. The van der Waals surface area contributed by atoms with Gasteiger partial charge in [0.2, 0.25) is 0 Å². The molecule has 0 aromatic carbocycles. The van der Waals surface area contributed by atoms with Crippen LogP contribution >= 0.6 is 23.2 Å². The molecule has 0 aromatic rings. The molecule has 4 heteroatoms. The number of aldehydes is 1. The molecule has 0 spiro atoms. The van der Waals surface area contributed by atoms with Gasteiger partial charge in [-0.25, -0.2) is 0 Å². The molecular weight excluding hydrogens is 223 g/mol. The van der Waals surface area contributed by atoms with E-state index in [-0.39, 0.29) is 4.49 Å². The van der Waals surface area contributed by atoms with Crippen molar-refractivity contribution in [2.75, 3.05) is 13.2 Å². The Hall–Kier alpha value is -0.0500. The number of ether oxygens (including phenoxy) is 1. The van der Waals surface area contributed by atoms with Gasteiger partial charge < -0.3 is 9.53 Å². The quantitative estimate of drug-likeness (QED) is 0.503. The molecule has 0 aliphatic rings. The zero-order valence-electron chi connectivity index (χ0n) is 8.56. The predicted molar refractivity (Wildman–Crippen MR) is 59.7 cm³/mol. The Kier molecular flexibility index (Phi) is 7.24. The number of unbranched alkanes of at least 4 members (excludes halogenated alkanes) is 1. The molecule has 0 fully saturated rings. The van der Waals surface area contributed by atoms with Crippen LogP contribution in [-0.4, -0.2) is 19.5 Å². The van der Waals surface area contributed by atoms with Crippen molar-refractivity contribution in [3.05, 3.63) is 10.6 Å². The lowest BCUT2D eigenvalue weighted by atomic mass is 9.94. The van der Waals surface area contributed by atoms with Crippen molar-refractivity contribution in [2.24, 2.45) is 5.41 Å². The Morgan fingerprint density at radius 3 is 2.57 bits per heavy atom. The number of carbonyl (C=O) groups is 1. The predicted octanol–water partition coefficient (Wildman–Crippen LogP) is 3.33. The van der Waals surface area contributed by atoms with Crippen molar-refractivity contribution in [3.63, 3.8) is 0 Å². The van der Waals surface area contributed by atoms with Crippen LogP contribution in [0, 0.1) is 5.41 Å². The highest BCUT2D eigenvalue weighted by Gasteiger charge is 2.21. The molecule has 0 N–H and O–H groups in total. The maximum atomic E-state index is 10.8. The highest BCUT2D eigenvalue weighted by atomic mass is 35.5. The number of halogens is 2. The first kappa shape index (κ1) is 13.9. The number of carbonyl (C=O) groups excluding carboxylic acids is 1. The van der Waals surface area contributed by atoms with Gasteiger partial charge in [0.15, 0.2) is 0 Å². The van der Waals surface area contributed by atoms with Crippen LogP contribution in [0.4, 0.5) is 0 Å². The van der Waals surface area contributed by atoms with Crippen LogP contribution in [0.2, 0.25) is 0 Å². The molecule has 0 saturated heterocycles. The van der Waals surface area contributed by atoms with E-state index in [1.165, 1.54) is 6.08 Å². The minimum Gasteiger partial charge on any atom is -0.380 e. The number of hydrogen-bond acceptors (Lipinski definition) is 2. The van der Waals surface area contributed by atoms with E-state index in [2.05, 4.69) is 6.92 Å². The Labute approximate surface area is 95.2 Å². The molecule has 0 saturated carbocycles. The molecule has 0 bridgehead atoms. The third kappa shape index (κ3) is 6.41. The number of rotatable bonds is 7. The lowest BCUT2D eigenvalue weighted by Crippen LogP contribution is -2.23. The second kappa shape index (κ2) is 7.27. The lowest BCUT2D eigenvalue weighted by molar-refractivity contribution is -0.115. The van der Waals surface area contributed by atoms with Crippen LogP contribution < -0.4 is 0 Å². The van der Waals surface area contributed by atoms with Gasteiger partial charge in [0.25, 0.3) is 0 Å². The largest absolute Gasteiger partial charge is 0.380 e. The molecule has 0 aliphatic heterocycles. The molecule has 14 heavy (non-hydrogen) atoms. The first-order chi connectivity index (χ1) is 6.54. The summed E-state index contributed by atoms with van der Waals surface area (Å²) >= 11 is 11.0. The second-order valence-corrected chi connectivity index (χ2v) is 4.47. The van der Waals surface area contributed by atoms with Crippen LogP contribution in [-0.2, 0) is 9.53 Å². The molecule has 0 aromatic heterocycles. The minimum atomic E-state index is -0.716. The fourth-order valence-corrected chi connectivity index (χ4v) is 1.40.